The van der Waals surface area contributed by atoms with Crippen molar-refractivity contribution in [2.45, 2.75) is 27.2 Å². The van der Waals surface area contributed by atoms with Crippen LogP contribution in [0.15, 0.2) is 48.2 Å². The summed E-state index contributed by atoms with van der Waals surface area (Å²) in [7, 11) is 0. The monoisotopic (exact) mass is 426 g/mol. The summed E-state index contributed by atoms with van der Waals surface area (Å²) in [6.07, 6.45) is 1.08. The van der Waals surface area contributed by atoms with Crippen molar-refractivity contribution in [1.29, 1.82) is 0 Å². The predicted octanol–water partition coefficient (Wildman–Crippen LogP) is 5.05. The van der Waals surface area contributed by atoms with E-state index in [-0.39, 0.29) is 11.7 Å². The first-order valence-electron chi connectivity index (χ1n) is 10.2. The molecule has 6 heteroatoms. The van der Waals surface area contributed by atoms with Crippen LogP contribution in [0.3, 0.4) is 0 Å². The van der Waals surface area contributed by atoms with Gasteiger partial charge in [0.05, 0.1) is 11.3 Å². The van der Waals surface area contributed by atoms with Crippen LogP contribution in [0.4, 0.5) is 10.1 Å². The predicted molar refractivity (Wildman–Crippen MR) is 117 cm³/mol. The zero-order valence-electron chi connectivity index (χ0n) is 17.3. The minimum atomic E-state index is -0.405. The highest BCUT2D eigenvalue weighted by Crippen LogP contribution is 2.39. The highest BCUT2D eigenvalue weighted by atomic mass is 35.5. The molecule has 2 heterocycles. The van der Waals surface area contributed by atoms with E-state index in [0.29, 0.717) is 58.0 Å². The van der Waals surface area contributed by atoms with E-state index in [9.17, 15) is 14.0 Å². The average molecular weight is 427 g/mol. The van der Waals surface area contributed by atoms with Crippen LogP contribution in [-0.2, 0) is 9.59 Å². The van der Waals surface area contributed by atoms with E-state index in [2.05, 4.69) is 13.8 Å². The van der Waals surface area contributed by atoms with Crippen molar-refractivity contribution in [2.75, 3.05) is 18.0 Å². The molecule has 4 rings (SSSR count). The van der Waals surface area contributed by atoms with Gasteiger partial charge in [-0.1, -0.05) is 43.6 Å². The molecule has 2 aliphatic heterocycles. The number of imide groups is 1. The Morgan fingerprint density at radius 2 is 1.60 bits per heavy atom. The summed E-state index contributed by atoms with van der Waals surface area (Å²) in [5, 5.41) is 0.491. The standard InChI is InChI=1S/C24H24ClFN2O2/c1-14-11-15(2)13-27(12-14)22-21(17-7-9-18(26)10-8-17)23(29)28(24(22)30)20-6-4-5-19(25)16(20)3/h4-10,14-15H,11-13H2,1-3H3. The number of amides is 2. The number of rotatable bonds is 3. The van der Waals surface area contributed by atoms with E-state index >= 15 is 0 Å². The number of anilines is 1. The molecule has 2 amide bonds. The number of nitrogens with zero attached hydrogens (tertiary/aromatic N) is 2. The van der Waals surface area contributed by atoms with Crippen LogP contribution >= 0.6 is 11.6 Å². The number of carbonyl (C=O) groups excluding carboxylic acids is 2. The Balaban J connectivity index is 1.86. The summed E-state index contributed by atoms with van der Waals surface area (Å²) in [5.74, 6) is -0.342. The Morgan fingerprint density at radius 1 is 0.967 bits per heavy atom. The van der Waals surface area contributed by atoms with Gasteiger partial charge in [0.15, 0.2) is 0 Å². The number of carbonyl (C=O) groups is 2. The van der Waals surface area contributed by atoms with E-state index in [4.69, 9.17) is 11.6 Å². The Kier molecular flexibility index (Phi) is 5.41. The fourth-order valence-electron chi connectivity index (χ4n) is 4.59. The second-order valence-electron chi connectivity index (χ2n) is 8.41. The molecular formula is C24H24ClFN2O2. The van der Waals surface area contributed by atoms with Crippen molar-refractivity contribution in [1.82, 2.24) is 4.90 Å². The Labute approximate surface area is 180 Å². The van der Waals surface area contributed by atoms with Crippen LogP contribution in [0.25, 0.3) is 5.57 Å². The van der Waals surface area contributed by atoms with Gasteiger partial charge in [0, 0.05) is 18.1 Å². The van der Waals surface area contributed by atoms with Crippen molar-refractivity contribution in [3.8, 4) is 0 Å². The summed E-state index contributed by atoms with van der Waals surface area (Å²) in [4.78, 5) is 30.4. The van der Waals surface area contributed by atoms with Crippen molar-refractivity contribution < 1.29 is 14.0 Å². The number of hydrogen-bond acceptors (Lipinski definition) is 3. The van der Waals surface area contributed by atoms with E-state index < -0.39 is 5.91 Å². The molecule has 0 saturated carbocycles. The average Bonchev–Trinajstić information content (AvgIpc) is 2.94. The number of halogens is 2. The summed E-state index contributed by atoms with van der Waals surface area (Å²) in [6.45, 7) is 7.50. The van der Waals surface area contributed by atoms with E-state index in [1.165, 1.54) is 17.0 Å². The lowest BCUT2D eigenvalue weighted by Crippen LogP contribution is -2.42. The summed E-state index contributed by atoms with van der Waals surface area (Å²) in [5.41, 5.74) is 2.40. The fourth-order valence-corrected chi connectivity index (χ4v) is 4.76. The molecule has 1 fully saturated rings. The minimum absolute atomic E-state index is 0.320. The van der Waals surface area contributed by atoms with E-state index in [0.717, 1.165) is 6.42 Å². The van der Waals surface area contributed by atoms with Crippen molar-refractivity contribution in [3.63, 3.8) is 0 Å². The molecule has 156 valence electrons. The van der Waals surface area contributed by atoms with Gasteiger partial charge in [-0.25, -0.2) is 9.29 Å². The van der Waals surface area contributed by atoms with Crippen LogP contribution in [0.2, 0.25) is 5.02 Å². The molecule has 0 bridgehead atoms. The largest absolute Gasteiger partial charge is 0.366 e. The number of benzene rings is 2. The van der Waals surface area contributed by atoms with Crippen LogP contribution in [0, 0.1) is 24.6 Å². The minimum Gasteiger partial charge on any atom is -0.366 e. The van der Waals surface area contributed by atoms with E-state index in [1.807, 2.05) is 4.90 Å². The van der Waals surface area contributed by atoms with Crippen LogP contribution in [0.5, 0.6) is 0 Å². The third-order valence-electron chi connectivity index (χ3n) is 5.86. The Hall–Kier alpha value is -2.66. The van der Waals surface area contributed by atoms with Crippen molar-refractivity contribution in [2.24, 2.45) is 11.8 Å². The van der Waals surface area contributed by atoms with Crippen LogP contribution in [-0.4, -0.2) is 29.8 Å². The Morgan fingerprint density at radius 3 is 2.23 bits per heavy atom. The van der Waals surface area contributed by atoms with E-state index in [1.54, 1.807) is 37.3 Å². The van der Waals surface area contributed by atoms with Gasteiger partial charge in [-0.05, 0) is 60.6 Å². The smallest absolute Gasteiger partial charge is 0.282 e. The van der Waals surface area contributed by atoms with Gasteiger partial charge in [0.1, 0.15) is 11.5 Å². The summed E-state index contributed by atoms with van der Waals surface area (Å²) < 4.78 is 13.5. The molecule has 1 saturated heterocycles. The van der Waals surface area contributed by atoms with Crippen LogP contribution < -0.4 is 4.90 Å². The molecule has 2 aliphatic rings. The normalized spacial score (nSPS) is 22.3. The molecule has 0 N–H and O–H groups in total. The van der Waals surface area contributed by atoms with Gasteiger partial charge in [0.25, 0.3) is 11.8 Å². The van der Waals surface area contributed by atoms with Gasteiger partial charge in [-0.15, -0.1) is 0 Å². The van der Waals surface area contributed by atoms with Crippen molar-refractivity contribution >= 4 is 34.7 Å². The summed E-state index contributed by atoms with van der Waals surface area (Å²) >= 11 is 6.27. The van der Waals surface area contributed by atoms with Gasteiger partial charge in [-0.2, -0.15) is 0 Å². The first kappa shape index (κ1) is 20.6. The third kappa shape index (κ3) is 3.52. The molecule has 0 aromatic heterocycles. The lowest BCUT2D eigenvalue weighted by Gasteiger charge is -2.37. The Bertz CT molecular complexity index is 1040. The second kappa shape index (κ2) is 7.88. The second-order valence-corrected chi connectivity index (χ2v) is 8.82. The maximum Gasteiger partial charge on any atom is 0.282 e. The molecule has 4 nitrogen and oxygen atoms in total. The number of hydrogen-bond donors (Lipinski definition) is 0. The molecule has 2 unspecified atom stereocenters. The lowest BCUT2D eigenvalue weighted by molar-refractivity contribution is -0.120. The topological polar surface area (TPSA) is 40.6 Å². The first-order valence-corrected chi connectivity index (χ1v) is 10.5. The van der Waals surface area contributed by atoms with Gasteiger partial charge in [0.2, 0.25) is 0 Å². The number of piperidine rings is 1. The highest BCUT2D eigenvalue weighted by Gasteiger charge is 2.44. The highest BCUT2D eigenvalue weighted by molar-refractivity contribution is 6.46. The zero-order valence-corrected chi connectivity index (χ0v) is 18.0. The van der Waals surface area contributed by atoms with Crippen molar-refractivity contribution in [3.05, 3.63) is 70.1 Å². The van der Waals surface area contributed by atoms with Gasteiger partial charge >= 0.3 is 0 Å². The fraction of sp³-hybridized carbons (Fsp3) is 0.333. The molecule has 30 heavy (non-hydrogen) atoms. The molecule has 2 aromatic rings. The molecule has 2 aromatic carbocycles. The maximum absolute atomic E-state index is 13.6. The van der Waals surface area contributed by atoms with Gasteiger partial charge < -0.3 is 4.90 Å². The number of likely N-dealkylation sites (tertiary alicyclic amines) is 1. The first-order chi connectivity index (χ1) is 14.3. The SMILES string of the molecule is Cc1c(Cl)cccc1N1C(=O)C(c2ccc(F)cc2)=C(N2CC(C)CC(C)C2)C1=O. The zero-order chi connectivity index (χ0) is 21.6. The molecule has 0 aliphatic carbocycles. The third-order valence-corrected chi connectivity index (χ3v) is 6.27. The molecule has 2 atom stereocenters. The van der Waals surface area contributed by atoms with Crippen LogP contribution in [0.1, 0.15) is 31.4 Å². The summed E-state index contributed by atoms with van der Waals surface area (Å²) in [6, 6.07) is 10.9. The molecule has 0 spiro atoms. The lowest BCUT2D eigenvalue weighted by atomic mass is 9.91. The maximum atomic E-state index is 13.6. The molecule has 0 radical (unpaired) electrons. The quantitative estimate of drug-likeness (QED) is 0.645. The molecular weight excluding hydrogens is 403 g/mol. The van der Waals surface area contributed by atoms with Gasteiger partial charge in [-0.3, -0.25) is 9.59 Å².